The van der Waals surface area contributed by atoms with Gasteiger partial charge in [-0.1, -0.05) is 26.0 Å². The predicted octanol–water partition coefficient (Wildman–Crippen LogP) is 3.12. The Balaban J connectivity index is 1.62. The van der Waals surface area contributed by atoms with E-state index in [1.807, 2.05) is 12.1 Å². The summed E-state index contributed by atoms with van der Waals surface area (Å²) in [6, 6.07) is 8.53. The Morgan fingerprint density at radius 1 is 1.15 bits per heavy atom. The Morgan fingerprint density at radius 3 is 2.35 bits per heavy atom. The Bertz CT molecular complexity index is 492. The highest BCUT2D eigenvalue weighted by molar-refractivity contribution is 5.93. The van der Waals surface area contributed by atoms with Gasteiger partial charge in [0.05, 0.1) is 0 Å². The van der Waals surface area contributed by atoms with Gasteiger partial charge in [-0.05, 0) is 54.7 Å². The number of rotatable bonds is 3. The summed E-state index contributed by atoms with van der Waals surface area (Å²) in [4.78, 5) is 12.4. The van der Waals surface area contributed by atoms with Crippen molar-refractivity contribution < 1.29 is 4.79 Å². The highest BCUT2D eigenvalue weighted by Crippen LogP contribution is 2.48. The first-order chi connectivity index (χ1) is 9.54. The minimum Gasteiger partial charge on any atom is -0.327 e. The zero-order chi connectivity index (χ0) is 14.3. The molecule has 0 aliphatic heterocycles. The molecule has 0 saturated heterocycles. The van der Waals surface area contributed by atoms with Crippen LogP contribution in [0.1, 0.15) is 44.6 Å². The van der Waals surface area contributed by atoms with Crippen molar-refractivity contribution in [3.8, 4) is 0 Å². The van der Waals surface area contributed by atoms with E-state index in [-0.39, 0.29) is 11.8 Å². The fraction of sp³-hybridized carbons (Fsp3) is 0.588. The average molecular weight is 272 g/mol. The second kappa shape index (κ2) is 5.21. The van der Waals surface area contributed by atoms with Gasteiger partial charge in [0.25, 0.3) is 0 Å². The van der Waals surface area contributed by atoms with Crippen LogP contribution in [0.2, 0.25) is 0 Å². The minimum absolute atomic E-state index is 0.171. The van der Waals surface area contributed by atoms with Crippen LogP contribution in [0.4, 0.5) is 5.69 Å². The third-order valence-corrected chi connectivity index (χ3v) is 5.09. The summed E-state index contributed by atoms with van der Waals surface area (Å²) in [6.45, 7) is 4.35. The highest BCUT2D eigenvalue weighted by Gasteiger charge is 2.47. The Kier molecular flexibility index (Phi) is 3.55. The molecule has 0 unspecified atom stereocenters. The molecular formula is C17H24N2O. The Hall–Kier alpha value is -1.35. The number of nitrogens with two attached hydrogens (primary N) is 1. The molecule has 3 heteroatoms. The monoisotopic (exact) mass is 272 g/mol. The molecule has 0 aromatic heterocycles. The van der Waals surface area contributed by atoms with Gasteiger partial charge in [0.1, 0.15) is 0 Å². The first-order valence-corrected chi connectivity index (χ1v) is 7.71. The van der Waals surface area contributed by atoms with Crippen molar-refractivity contribution >= 4 is 11.6 Å². The summed E-state index contributed by atoms with van der Waals surface area (Å²) in [5.41, 5.74) is 8.26. The molecule has 2 fully saturated rings. The molecule has 1 aromatic rings. The molecule has 0 spiro atoms. The number of nitrogens with one attached hydrogen (secondary N) is 1. The zero-order valence-corrected chi connectivity index (χ0v) is 12.3. The van der Waals surface area contributed by atoms with E-state index in [1.54, 1.807) is 0 Å². The smallest absolute Gasteiger partial charge is 0.227 e. The molecular weight excluding hydrogens is 248 g/mol. The van der Waals surface area contributed by atoms with Crippen LogP contribution < -0.4 is 11.1 Å². The molecule has 3 rings (SSSR count). The third kappa shape index (κ3) is 2.47. The minimum atomic E-state index is 0.171. The fourth-order valence-electron chi connectivity index (χ4n) is 3.83. The molecule has 3 nitrogen and oxygen atoms in total. The standard InChI is InChI=1S/C17H24N2O/c1-10(2)11-3-5-14(6-4-11)19-17(20)15-8-13-7-12(15)9-16(13)18/h3-6,10,12-13,15-16H,7-9,18H2,1-2H3,(H,19,20)/t12-,13-,15-,16-/m1/s1. The van der Waals surface area contributed by atoms with E-state index in [1.165, 1.54) is 5.56 Å². The maximum absolute atomic E-state index is 12.4. The van der Waals surface area contributed by atoms with Gasteiger partial charge in [-0.25, -0.2) is 0 Å². The summed E-state index contributed by atoms with van der Waals surface area (Å²) in [5, 5.41) is 3.07. The maximum Gasteiger partial charge on any atom is 0.227 e. The molecule has 2 saturated carbocycles. The number of benzene rings is 1. The van der Waals surface area contributed by atoms with Gasteiger partial charge in [-0.15, -0.1) is 0 Å². The van der Waals surface area contributed by atoms with Crippen molar-refractivity contribution in [3.05, 3.63) is 29.8 Å². The van der Waals surface area contributed by atoms with Crippen molar-refractivity contribution in [3.63, 3.8) is 0 Å². The van der Waals surface area contributed by atoms with Gasteiger partial charge in [0.2, 0.25) is 5.91 Å². The van der Waals surface area contributed by atoms with Gasteiger partial charge in [-0.3, -0.25) is 4.79 Å². The SMILES string of the molecule is CC(C)c1ccc(NC(=O)[C@@H]2C[C@H]3C[C@@H]2C[C@H]3N)cc1. The van der Waals surface area contributed by atoms with E-state index in [0.717, 1.165) is 24.9 Å². The lowest BCUT2D eigenvalue weighted by atomic mass is 9.85. The van der Waals surface area contributed by atoms with Crippen molar-refractivity contribution in [2.75, 3.05) is 5.32 Å². The molecule has 3 N–H and O–H groups in total. The highest BCUT2D eigenvalue weighted by atomic mass is 16.1. The number of fused-ring (bicyclic) bond motifs is 2. The largest absolute Gasteiger partial charge is 0.327 e. The number of hydrogen-bond donors (Lipinski definition) is 2. The first kappa shape index (κ1) is 13.6. The summed E-state index contributed by atoms with van der Waals surface area (Å²) < 4.78 is 0. The van der Waals surface area contributed by atoms with Crippen LogP contribution in [-0.2, 0) is 4.79 Å². The van der Waals surface area contributed by atoms with Crippen LogP contribution in [0.25, 0.3) is 0 Å². The lowest BCUT2D eigenvalue weighted by Gasteiger charge is -2.24. The zero-order valence-electron chi connectivity index (χ0n) is 12.3. The number of carbonyl (C=O) groups excluding carboxylic acids is 1. The summed E-state index contributed by atoms with van der Waals surface area (Å²) in [7, 11) is 0. The lowest BCUT2D eigenvalue weighted by molar-refractivity contribution is -0.121. The molecule has 2 bridgehead atoms. The normalized spacial score (nSPS) is 31.8. The molecule has 4 atom stereocenters. The molecule has 1 aromatic carbocycles. The third-order valence-electron chi connectivity index (χ3n) is 5.09. The van der Waals surface area contributed by atoms with E-state index in [9.17, 15) is 4.79 Å². The van der Waals surface area contributed by atoms with E-state index >= 15 is 0 Å². The van der Waals surface area contributed by atoms with Crippen molar-refractivity contribution in [2.45, 2.75) is 45.1 Å². The average Bonchev–Trinajstić information content (AvgIpc) is 2.98. The number of hydrogen-bond acceptors (Lipinski definition) is 2. The van der Waals surface area contributed by atoms with E-state index in [4.69, 9.17) is 5.73 Å². The van der Waals surface area contributed by atoms with Gasteiger partial charge in [0, 0.05) is 17.6 Å². The van der Waals surface area contributed by atoms with E-state index in [0.29, 0.717) is 23.8 Å². The number of amides is 1. The van der Waals surface area contributed by atoms with Gasteiger partial charge in [-0.2, -0.15) is 0 Å². The van der Waals surface area contributed by atoms with E-state index < -0.39 is 0 Å². The summed E-state index contributed by atoms with van der Waals surface area (Å²) >= 11 is 0. The molecule has 0 radical (unpaired) electrons. The van der Waals surface area contributed by atoms with Gasteiger partial charge < -0.3 is 11.1 Å². The fourth-order valence-corrected chi connectivity index (χ4v) is 3.83. The van der Waals surface area contributed by atoms with Gasteiger partial charge >= 0.3 is 0 Å². The quantitative estimate of drug-likeness (QED) is 0.888. The second-order valence-corrected chi connectivity index (χ2v) is 6.76. The second-order valence-electron chi connectivity index (χ2n) is 6.76. The lowest BCUT2D eigenvalue weighted by Crippen LogP contribution is -2.34. The van der Waals surface area contributed by atoms with Crippen molar-refractivity contribution in [2.24, 2.45) is 23.5 Å². The molecule has 1 amide bonds. The topological polar surface area (TPSA) is 55.1 Å². The van der Waals surface area contributed by atoms with Crippen LogP contribution in [-0.4, -0.2) is 11.9 Å². The maximum atomic E-state index is 12.4. The Labute approximate surface area is 120 Å². The molecule has 0 heterocycles. The number of anilines is 1. The van der Waals surface area contributed by atoms with Crippen LogP contribution >= 0.6 is 0 Å². The molecule has 108 valence electrons. The number of carbonyl (C=O) groups is 1. The van der Waals surface area contributed by atoms with Crippen LogP contribution in [0.5, 0.6) is 0 Å². The van der Waals surface area contributed by atoms with Gasteiger partial charge in [0.15, 0.2) is 0 Å². The van der Waals surface area contributed by atoms with E-state index in [2.05, 4.69) is 31.3 Å². The summed E-state index contributed by atoms with van der Waals surface area (Å²) in [6.07, 6.45) is 3.14. The molecule has 2 aliphatic rings. The van der Waals surface area contributed by atoms with Crippen LogP contribution in [0.3, 0.4) is 0 Å². The first-order valence-electron chi connectivity index (χ1n) is 7.71. The molecule has 2 aliphatic carbocycles. The van der Waals surface area contributed by atoms with Crippen LogP contribution in [0.15, 0.2) is 24.3 Å². The molecule has 20 heavy (non-hydrogen) atoms. The van der Waals surface area contributed by atoms with Crippen molar-refractivity contribution in [1.29, 1.82) is 0 Å². The predicted molar refractivity (Wildman–Crippen MR) is 81.5 cm³/mol. The summed E-state index contributed by atoms with van der Waals surface area (Å²) in [5.74, 6) is 1.95. The Morgan fingerprint density at radius 2 is 1.85 bits per heavy atom. The van der Waals surface area contributed by atoms with Crippen LogP contribution in [0, 0.1) is 17.8 Å². The van der Waals surface area contributed by atoms with Crippen molar-refractivity contribution in [1.82, 2.24) is 0 Å².